The first kappa shape index (κ1) is 18.9. The summed E-state index contributed by atoms with van der Waals surface area (Å²) >= 11 is 6.11. The number of imidazole rings is 1. The number of nitrogens with one attached hydrogen (secondary N) is 1. The van der Waals surface area contributed by atoms with Crippen molar-refractivity contribution >= 4 is 27.5 Å². The smallest absolute Gasteiger partial charge is 0.252 e. The molecule has 0 bridgehead atoms. The summed E-state index contributed by atoms with van der Waals surface area (Å²) in [5, 5.41) is 3.02. The van der Waals surface area contributed by atoms with Crippen LogP contribution < -0.4 is 5.32 Å². The quantitative estimate of drug-likeness (QED) is 0.726. The second-order valence-electron chi connectivity index (χ2n) is 6.16. The van der Waals surface area contributed by atoms with Gasteiger partial charge in [0, 0.05) is 38.6 Å². The average molecular weight is 397 g/mol. The average Bonchev–Trinajstić information content (AvgIpc) is 3.32. The summed E-state index contributed by atoms with van der Waals surface area (Å²) in [4.78, 5) is 16.5. The minimum atomic E-state index is -3.58. The molecule has 140 valence electrons. The summed E-state index contributed by atoms with van der Waals surface area (Å²) in [6, 6.07) is 4.28. The van der Waals surface area contributed by atoms with Gasteiger partial charge in [-0.2, -0.15) is 4.31 Å². The highest BCUT2D eigenvalue weighted by Crippen LogP contribution is 2.25. The molecule has 1 saturated heterocycles. The Bertz CT molecular complexity index is 862. The van der Waals surface area contributed by atoms with E-state index in [1.54, 1.807) is 12.5 Å². The van der Waals surface area contributed by atoms with Crippen LogP contribution in [-0.2, 0) is 16.6 Å². The fourth-order valence-electron chi connectivity index (χ4n) is 2.89. The monoisotopic (exact) mass is 396 g/mol. The van der Waals surface area contributed by atoms with E-state index in [1.165, 1.54) is 22.5 Å². The topological polar surface area (TPSA) is 84.3 Å². The highest BCUT2D eigenvalue weighted by molar-refractivity contribution is 7.89. The molecule has 0 spiro atoms. The molecule has 1 aromatic heterocycles. The van der Waals surface area contributed by atoms with Crippen molar-refractivity contribution in [3.05, 3.63) is 47.5 Å². The number of amides is 1. The molecule has 0 unspecified atom stereocenters. The van der Waals surface area contributed by atoms with Crippen LogP contribution in [0, 0.1) is 0 Å². The molecule has 9 heteroatoms. The van der Waals surface area contributed by atoms with E-state index in [2.05, 4.69) is 10.3 Å². The third-order valence-corrected chi connectivity index (χ3v) is 6.55. The number of benzene rings is 1. The summed E-state index contributed by atoms with van der Waals surface area (Å²) in [5.41, 5.74) is 0.176. The Morgan fingerprint density at radius 1 is 1.27 bits per heavy atom. The Hall–Kier alpha value is -1.90. The first-order valence-electron chi connectivity index (χ1n) is 8.52. The van der Waals surface area contributed by atoms with Gasteiger partial charge in [-0.1, -0.05) is 11.6 Å². The Morgan fingerprint density at radius 3 is 2.73 bits per heavy atom. The summed E-state index contributed by atoms with van der Waals surface area (Å²) in [6.07, 6.45) is 7.71. The van der Waals surface area contributed by atoms with Crippen LogP contribution >= 0.6 is 11.6 Å². The zero-order valence-corrected chi connectivity index (χ0v) is 15.8. The standard InChI is InChI=1S/C17H21ClN4O3S/c18-16-5-4-14(26(24,25)22-9-1-2-10-22)12-15(16)17(23)20-6-3-8-21-11-7-19-13-21/h4-5,7,11-13H,1-3,6,8-10H2,(H,20,23). The molecule has 0 atom stereocenters. The van der Waals surface area contributed by atoms with E-state index in [0.29, 0.717) is 19.6 Å². The third kappa shape index (κ3) is 4.25. The molecule has 0 aliphatic carbocycles. The second kappa shape index (κ2) is 8.20. The molecule has 7 nitrogen and oxygen atoms in total. The van der Waals surface area contributed by atoms with Crippen LogP contribution in [0.25, 0.3) is 0 Å². The summed E-state index contributed by atoms with van der Waals surface area (Å²) in [5.74, 6) is -0.376. The van der Waals surface area contributed by atoms with Gasteiger partial charge in [0.25, 0.3) is 5.91 Å². The predicted molar refractivity (Wildman–Crippen MR) is 98.6 cm³/mol. The molecule has 1 aromatic carbocycles. The minimum absolute atomic E-state index is 0.104. The van der Waals surface area contributed by atoms with E-state index < -0.39 is 10.0 Å². The second-order valence-corrected chi connectivity index (χ2v) is 8.51. The molecular formula is C17H21ClN4O3S. The predicted octanol–water partition coefficient (Wildman–Crippen LogP) is 2.14. The molecule has 26 heavy (non-hydrogen) atoms. The maximum Gasteiger partial charge on any atom is 0.252 e. The molecule has 3 rings (SSSR count). The van der Waals surface area contributed by atoms with Gasteiger partial charge in [-0.3, -0.25) is 4.79 Å². The molecule has 2 aromatic rings. The van der Waals surface area contributed by atoms with Gasteiger partial charge >= 0.3 is 0 Å². The lowest BCUT2D eigenvalue weighted by Crippen LogP contribution is -2.29. The van der Waals surface area contributed by atoms with Gasteiger partial charge in [-0.15, -0.1) is 0 Å². The van der Waals surface area contributed by atoms with Crippen molar-refractivity contribution in [2.45, 2.75) is 30.7 Å². The number of carbonyl (C=O) groups is 1. The molecule has 1 amide bonds. The van der Waals surface area contributed by atoms with Crippen molar-refractivity contribution in [3.63, 3.8) is 0 Å². The fourth-order valence-corrected chi connectivity index (χ4v) is 4.64. The molecule has 1 aliphatic rings. The van der Waals surface area contributed by atoms with Crippen molar-refractivity contribution < 1.29 is 13.2 Å². The van der Waals surface area contributed by atoms with Gasteiger partial charge in [0.05, 0.1) is 21.8 Å². The first-order valence-corrected chi connectivity index (χ1v) is 10.3. The SMILES string of the molecule is O=C(NCCCn1ccnc1)c1cc(S(=O)(=O)N2CCCC2)ccc1Cl. The minimum Gasteiger partial charge on any atom is -0.352 e. The van der Waals surface area contributed by atoms with Crippen molar-refractivity contribution in [2.24, 2.45) is 0 Å². The van der Waals surface area contributed by atoms with Gasteiger partial charge in [-0.05, 0) is 37.5 Å². The number of aromatic nitrogens is 2. The van der Waals surface area contributed by atoms with Crippen molar-refractivity contribution in [3.8, 4) is 0 Å². The molecule has 2 heterocycles. The fraction of sp³-hybridized carbons (Fsp3) is 0.412. The third-order valence-electron chi connectivity index (χ3n) is 4.32. The van der Waals surface area contributed by atoms with Gasteiger partial charge in [-0.25, -0.2) is 13.4 Å². The molecule has 1 N–H and O–H groups in total. The normalized spacial score (nSPS) is 15.3. The lowest BCUT2D eigenvalue weighted by Gasteiger charge is -2.16. The summed E-state index contributed by atoms with van der Waals surface area (Å²) in [7, 11) is -3.58. The van der Waals surface area contributed by atoms with E-state index in [4.69, 9.17) is 11.6 Å². The van der Waals surface area contributed by atoms with Crippen molar-refractivity contribution in [1.29, 1.82) is 0 Å². The maximum absolute atomic E-state index is 12.7. The Labute approximate surface area is 158 Å². The number of carbonyl (C=O) groups excluding carboxylic acids is 1. The van der Waals surface area contributed by atoms with Gasteiger partial charge in [0.1, 0.15) is 0 Å². The van der Waals surface area contributed by atoms with Crippen LogP contribution in [0.2, 0.25) is 5.02 Å². The van der Waals surface area contributed by atoms with Gasteiger partial charge < -0.3 is 9.88 Å². The Kier molecular flexibility index (Phi) is 5.95. The zero-order chi connectivity index (χ0) is 18.6. The van der Waals surface area contributed by atoms with E-state index in [1.807, 2.05) is 10.8 Å². The molecule has 0 saturated carbocycles. The van der Waals surface area contributed by atoms with Crippen LogP contribution in [0.15, 0.2) is 41.8 Å². The van der Waals surface area contributed by atoms with Crippen LogP contribution in [-0.4, -0.2) is 47.8 Å². The number of hydrogen-bond acceptors (Lipinski definition) is 4. The molecule has 0 radical (unpaired) electrons. The lowest BCUT2D eigenvalue weighted by atomic mass is 10.2. The Balaban J connectivity index is 1.65. The number of sulfonamides is 1. The van der Waals surface area contributed by atoms with E-state index in [9.17, 15) is 13.2 Å². The van der Waals surface area contributed by atoms with Gasteiger partial charge in [0.15, 0.2) is 0 Å². The molecular weight excluding hydrogens is 376 g/mol. The number of aryl methyl sites for hydroxylation is 1. The molecule has 1 fully saturated rings. The van der Waals surface area contributed by atoms with Gasteiger partial charge in [0.2, 0.25) is 10.0 Å². The van der Waals surface area contributed by atoms with E-state index in [0.717, 1.165) is 25.8 Å². The number of hydrogen-bond donors (Lipinski definition) is 1. The summed E-state index contributed by atoms with van der Waals surface area (Å²) in [6.45, 7) is 2.22. The lowest BCUT2D eigenvalue weighted by molar-refractivity contribution is 0.0952. The van der Waals surface area contributed by atoms with Crippen LogP contribution in [0.3, 0.4) is 0 Å². The molecule has 1 aliphatic heterocycles. The van der Waals surface area contributed by atoms with Crippen molar-refractivity contribution in [2.75, 3.05) is 19.6 Å². The number of nitrogens with zero attached hydrogens (tertiary/aromatic N) is 3. The van der Waals surface area contributed by atoms with Crippen LogP contribution in [0.5, 0.6) is 0 Å². The maximum atomic E-state index is 12.7. The van der Waals surface area contributed by atoms with E-state index in [-0.39, 0.29) is 21.4 Å². The zero-order valence-electron chi connectivity index (χ0n) is 14.3. The first-order chi connectivity index (χ1) is 12.5. The summed E-state index contributed by atoms with van der Waals surface area (Å²) < 4.78 is 28.7. The van der Waals surface area contributed by atoms with Crippen LogP contribution in [0.4, 0.5) is 0 Å². The Morgan fingerprint density at radius 2 is 2.04 bits per heavy atom. The largest absolute Gasteiger partial charge is 0.352 e. The highest BCUT2D eigenvalue weighted by atomic mass is 35.5. The van der Waals surface area contributed by atoms with Crippen LogP contribution in [0.1, 0.15) is 29.6 Å². The number of rotatable bonds is 7. The van der Waals surface area contributed by atoms with Crippen molar-refractivity contribution in [1.82, 2.24) is 19.2 Å². The number of halogens is 1. The highest BCUT2D eigenvalue weighted by Gasteiger charge is 2.28. The van der Waals surface area contributed by atoms with E-state index >= 15 is 0 Å².